The maximum atomic E-state index is 14.0. The number of hydrogen-bond donors (Lipinski definition) is 0. The highest BCUT2D eigenvalue weighted by Crippen LogP contribution is 2.49. The molecule has 0 aliphatic carbocycles. The van der Waals surface area contributed by atoms with E-state index >= 15 is 0 Å². The van der Waals surface area contributed by atoms with Gasteiger partial charge in [0.25, 0.3) is 0 Å². The normalized spacial score (nSPS) is 12.2. The van der Waals surface area contributed by atoms with E-state index in [4.69, 9.17) is 0 Å². The predicted octanol–water partition coefficient (Wildman–Crippen LogP) is 17.7. The van der Waals surface area contributed by atoms with E-state index in [0.717, 1.165) is 89.2 Å². The van der Waals surface area contributed by atoms with E-state index in [2.05, 4.69) is 254 Å². The number of rotatable bonds is 11. The van der Waals surface area contributed by atoms with Gasteiger partial charge in [-0.25, -0.2) is 8.42 Å². The van der Waals surface area contributed by atoms with Crippen molar-refractivity contribution in [1.29, 1.82) is 0 Å². The fourth-order valence-corrected chi connectivity index (χ4v) is 12.1. The second-order valence-corrected chi connectivity index (χ2v) is 20.2. The van der Waals surface area contributed by atoms with Crippen molar-refractivity contribution in [2.75, 3.05) is 4.90 Å². The minimum Gasteiger partial charge on any atom is -0.308 e. The number of sulfone groups is 1. The second kappa shape index (κ2) is 20.0. The zero-order chi connectivity index (χ0) is 49.8. The van der Waals surface area contributed by atoms with Gasteiger partial charge in [-0.15, -0.1) is 0 Å². The van der Waals surface area contributed by atoms with E-state index in [0.29, 0.717) is 21.2 Å². The van der Waals surface area contributed by atoms with Crippen LogP contribution < -0.4 is 4.90 Å². The largest absolute Gasteiger partial charge is 0.308 e. The first-order valence-corrected chi connectivity index (χ1v) is 26.4. The third-order valence-corrected chi connectivity index (χ3v) is 15.7. The molecule has 12 rings (SSSR count). The lowest BCUT2D eigenvalue weighted by Crippen LogP contribution is -2.21. The Bertz CT molecular complexity index is 3810. The highest BCUT2D eigenvalue weighted by Gasteiger charge is 2.34. The summed E-state index contributed by atoms with van der Waals surface area (Å²) in [5.74, 6) is 0. The van der Waals surface area contributed by atoms with Crippen molar-refractivity contribution in [3.63, 3.8) is 0 Å². The first kappa shape index (κ1) is 45.8. The third-order valence-electron chi connectivity index (χ3n) is 13.9. The number of para-hydroxylation sites is 2. The Morgan fingerprint density at radius 2 is 0.541 bits per heavy atom. The average Bonchev–Trinajstić information content (AvgIpc) is 3.47. The number of fused-ring (bicyclic) bond motifs is 2. The van der Waals surface area contributed by atoms with Crippen molar-refractivity contribution in [3.8, 4) is 22.3 Å². The zero-order valence-corrected chi connectivity index (χ0v) is 41.3. The van der Waals surface area contributed by atoms with Crippen molar-refractivity contribution in [3.05, 3.63) is 342 Å². The van der Waals surface area contributed by atoms with Gasteiger partial charge in [0.15, 0.2) is 0 Å². The molecular weight excluding hydrogens is 919 g/mol. The zero-order valence-electron chi connectivity index (χ0n) is 40.5. The summed E-state index contributed by atoms with van der Waals surface area (Å²) in [6.07, 6.45) is 0. The Morgan fingerprint density at radius 3 is 0.919 bits per heavy atom. The molecule has 1 aliphatic heterocycles. The summed E-state index contributed by atoms with van der Waals surface area (Å²) in [4.78, 5) is 2.64. The molecule has 0 aromatic heterocycles. The first-order valence-electron chi connectivity index (χ1n) is 24.9. The first-order chi connectivity index (χ1) is 36.5. The van der Waals surface area contributed by atoms with Gasteiger partial charge in [-0.1, -0.05) is 255 Å². The van der Waals surface area contributed by atoms with E-state index in [1.165, 1.54) is 5.57 Å². The molecule has 1 aliphatic rings. The molecule has 1 heterocycles. The monoisotopic (exact) mass is 967 g/mol. The minimum absolute atomic E-state index is 0.291. The summed E-state index contributed by atoms with van der Waals surface area (Å²) in [5.41, 5.74) is 19.9. The summed E-state index contributed by atoms with van der Waals surface area (Å²) in [5, 5.41) is 0. The summed E-state index contributed by atoms with van der Waals surface area (Å²) in [7, 11) is -3.72. The molecule has 0 amide bonds. The number of benzene rings is 11. The van der Waals surface area contributed by atoms with Crippen molar-refractivity contribution >= 4 is 49.2 Å². The molecule has 0 N–H and O–H groups in total. The molecule has 0 saturated heterocycles. The molecule has 4 heteroatoms. The predicted molar refractivity (Wildman–Crippen MR) is 306 cm³/mol. The lowest BCUT2D eigenvalue weighted by Gasteiger charge is -2.33. The standard InChI is InChI=1S/C70H49NO2S/c72-74(73)65-37-21-19-35-63(65)71(64-36-20-22-38-66(64)74)60-46-43-51(44-47-60)62-49-59(70(57-33-17-6-18-34-57)68(54-27-11-3-12-28-54)55-29-13-4-14-30-55)45-48-61(62)50-39-41-58(42-40-50)69(56-31-15-5-16-32-56)67(52-23-7-1-8-24-52)53-25-9-2-10-26-53/h1-49H. The van der Waals surface area contributed by atoms with Crippen LogP contribution in [0.15, 0.2) is 307 Å². The molecule has 74 heavy (non-hydrogen) atoms. The molecule has 11 aromatic rings. The molecular formula is C70H49NO2S. The van der Waals surface area contributed by atoms with Gasteiger partial charge < -0.3 is 4.90 Å². The van der Waals surface area contributed by atoms with Crippen LogP contribution in [-0.4, -0.2) is 8.42 Å². The minimum atomic E-state index is -3.72. The lowest BCUT2D eigenvalue weighted by molar-refractivity contribution is 0.595. The molecule has 0 saturated carbocycles. The average molecular weight is 968 g/mol. The summed E-state index contributed by atoms with van der Waals surface area (Å²) in [6, 6.07) is 103. The summed E-state index contributed by atoms with van der Waals surface area (Å²) >= 11 is 0. The fourth-order valence-electron chi connectivity index (χ4n) is 10.5. The van der Waals surface area contributed by atoms with Gasteiger partial charge in [-0.3, -0.25) is 0 Å². The highest BCUT2D eigenvalue weighted by molar-refractivity contribution is 7.92. The quantitative estimate of drug-likeness (QED) is 0.121. The maximum Gasteiger partial charge on any atom is 0.210 e. The van der Waals surface area contributed by atoms with Crippen molar-refractivity contribution in [1.82, 2.24) is 0 Å². The summed E-state index contributed by atoms with van der Waals surface area (Å²) < 4.78 is 27.9. The molecule has 352 valence electrons. The Hall–Kier alpha value is -9.35. The molecule has 11 aromatic carbocycles. The van der Waals surface area contributed by atoms with Gasteiger partial charge in [0.05, 0.1) is 21.2 Å². The molecule has 3 nitrogen and oxygen atoms in total. The Morgan fingerprint density at radius 1 is 0.257 bits per heavy atom. The Kier molecular flexibility index (Phi) is 12.4. The van der Waals surface area contributed by atoms with Crippen LogP contribution in [0.25, 0.3) is 44.5 Å². The van der Waals surface area contributed by atoms with Crippen LogP contribution in [0, 0.1) is 0 Å². The van der Waals surface area contributed by atoms with Gasteiger partial charge in [0.2, 0.25) is 9.84 Å². The number of anilines is 3. The third kappa shape index (κ3) is 8.68. The van der Waals surface area contributed by atoms with Crippen LogP contribution in [0.2, 0.25) is 0 Å². The molecule has 0 spiro atoms. The van der Waals surface area contributed by atoms with Crippen molar-refractivity contribution in [2.45, 2.75) is 9.79 Å². The summed E-state index contributed by atoms with van der Waals surface area (Å²) in [6.45, 7) is 0. The van der Waals surface area contributed by atoms with Crippen LogP contribution in [0.1, 0.15) is 44.5 Å². The van der Waals surface area contributed by atoms with Crippen LogP contribution >= 0.6 is 0 Å². The Labute approximate surface area is 433 Å². The number of nitrogens with zero attached hydrogens (tertiary/aromatic N) is 1. The van der Waals surface area contributed by atoms with Gasteiger partial charge in [0.1, 0.15) is 0 Å². The Balaban J connectivity index is 1.06. The van der Waals surface area contributed by atoms with Crippen molar-refractivity contribution < 1.29 is 8.42 Å². The van der Waals surface area contributed by atoms with Crippen molar-refractivity contribution in [2.24, 2.45) is 0 Å². The number of hydrogen-bond acceptors (Lipinski definition) is 3. The molecule has 0 bridgehead atoms. The molecule has 0 radical (unpaired) electrons. The molecule has 0 fully saturated rings. The molecule has 0 unspecified atom stereocenters. The lowest BCUT2D eigenvalue weighted by atomic mass is 9.83. The van der Waals surface area contributed by atoms with E-state index in [-0.39, 0.29) is 0 Å². The van der Waals surface area contributed by atoms with Crippen LogP contribution in [0.4, 0.5) is 17.1 Å². The van der Waals surface area contributed by atoms with Crippen LogP contribution in [-0.2, 0) is 9.84 Å². The van der Waals surface area contributed by atoms with Gasteiger partial charge in [-0.2, -0.15) is 0 Å². The van der Waals surface area contributed by atoms with Crippen LogP contribution in [0.3, 0.4) is 0 Å². The fraction of sp³-hybridized carbons (Fsp3) is 0. The van der Waals surface area contributed by atoms with Gasteiger partial charge in [-0.05, 0) is 132 Å². The van der Waals surface area contributed by atoms with E-state index < -0.39 is 9.84 Å². The van der Waals surface area contributed by atoms with Gasteiger partial charge in [0, 0.05) is 5.69 Å². The van der Waals surface area contributed by atoms with E-state index in [9.17, 15) is 8.42 Å². The molecule has 0 atom stereocenters. The highest BCUT2D eigenvalue weighted by atomic mass is 32.2. The second-order valence-electron chi connectivity index (χ2n) is 18.4. The van der Waals surface area contributed by atoms with E-state index in [1.54, 1.807) is 24.3 Å². The topological polar surface area (TPSA) is 37.4 Å². The SMILES string of the molecule is O=S1(=O)c2ccccc2N(c2ccc(-c3cc(C(=C(c4ccccc4)c4ccccc4)c4ccccc4)ccc3-c3ccc(C(=C(c4ccccc4)c4ccccc4)c4ccccc4)cc3)cc2)c2ccccc21. The van der Waals surface area contributed by atoms with Crippen LogP contribution in [0.5, 0.6) is 0 Å². The van der Waals surface area contributed by atoms with Gasteiger partial charge >= 0.3 is 0 Å². The van der Waals surface area contributed by atoms with E-state index in [1.807, 2.05) is 24.3 Å². The maximum absolute atomic E-state index is 14.0. The smallest absolute Gasteiger partial charge is 0.210 e.